The van der Waals surface area contributed by atoms with Gasteiger partial charge in [0.15, 0.2) is 0 Å². The standard InChI is InChI=1S/C26H36N6O8/c1-3-13(2)22(26(39)40)32-24(37)18(8-9-21(34)35)30-25(38)19(11-20(28)33)31-23(36)16(27)10-14-12-29-17-7-5-4-6-15(14)17/h4-7,12-13,16,18-19,22,29H,3,8-11,27H2,1-2H3,(H2,28,33)(H,30,38)(H,31,36)(H,32,37)(H,34,35)(H,39,40). The molecule has 2 rings (SSSR count). The maximum atomic E-state index is 13.1. The summed E-state index contributed by atoms with van der Waals surface area (Å²) >= 11 is 0. The first kappa shape index (κ1) is 31.8. The summed E-state index contributed by atoms with van der Waals surface area (Å²) in [4.78, 5) is 76.4. The number of carboxylic acids is 2. The number of rotatable bonds is 16. The zero-order valence-electron chi connectivity index (χ0n) is 22.3. The first-order chi connectivity index (χ1) is 18.8. The molecule has 0 fully saturated rings. The van der Waals surface area contributed by atoms with Crippen molar-refractivity contribution in [3.63, 3.8) is 0 Å². The monoisotopic (exact) mass is 560 g/mol. The lowest BCUT2D eigenvalue weighted by molar-refractivity contribution is -0.144. The molecule has 0 aliphatic rings. The summed E-state index contributed by atoms with van der Waals surface area (Å²) in [5, 5.41) is 26.4. The van der Waals surface area contributed by atoms with Gasteiger partial charge in [-0.3, -0.25) is 24.0 Å². The molecule has 10 N–H and O–H groups in total. The average molecular weight is 561 g/mol. The summed E-state index contributed by atoms with van der Waals surface area (Å²) in [6.07, 6.45) is 0.709. The topological polar surface area (TPSA) is 247 Å². The zero-order chi connectivity index (χ0) is 30.0. The third-order valence-electron chi connectivity index (χ3n) is 6.55. The predicted molar refractivity (Wildman–Crippen MR) is 144 cm³/mol. The molecule has 5 atom stereocenters. The first-order valence-electron chi connectivity index (χ1n) is 12.8. The predicted octanol–water partition coefficient (Wildman–Crippen LogP) is -0.637. The van der Waals surface area contributed by atoms with E-state index in [1.165, 1.54) is 0 Å². The molecule has 1 aromatic carbocycles. The van der Waals surface area contributed by atoms with Crippen LogP contribution < -0.4 is 27.4 Å². The van der Waals surface area contributed by atoms with Crippen LogP contribution >= 0.6 is 0 Å². The van der Waals surface area contributed by atoms with Crippen molar-refractivity contribution in [2.75, 3.05) is 0 Å². The number of aromatic amines is 1. The number of hydrogen-bond donors (Lipinski definition) is 8. The molecule has 40 heavy (non-hydrogen) atoms. The maximum absolute atomic E-state index is 13.1. The molecule has 0 bridgehead atoms. The van der Waals surface area contributed by atoms with Crippen LogP contribution in [0.2, 0.25) is 0 Å². The Labute approximate surface area is 230 Å². The van der Waals surface area contributed by atoms with Gasteiger partial charge in [0, 0.05) is 23.5 Å². The van der Waals surface area contributed by atoms with Gasteiger partial charge < -0.3 is 42.6 Å². The second-order valence-electron chi connectivity index (χ2n) is 9.61. The summed E-state index contributed by atoms with van der Waals surface area (Å²) in [6.45, 7) is 3.35. The molecule has 1 heterocycles. The molecule has 0 spiro atoms. The number of carbonyl (C=O) groups excluding carboxylic acids is 4. The minimum atomic E-state index is -1.52. The van der Waals surface area contributed by atoms with E-state index < -0.39 is 78.5 Å². The number of H-pyrrole nitrogens is 1. The second-order valence-corrected chi connectivity index (χ2v) is 9.61. The van der Waals surface area contributed by atoms with E-state index in [-0.39, 0.29) is 12.8 Å². The molecule has 0 saturated carbocycles. The van der Waals surface area contributed by atoms with Crippen LogP contribution in [0.3, 0.4) is 0 Å². The summed E-state index contributed by atoms with van der Waals surface area (Å²) < 4.78 is 0. The Morgan fingerprint density at radius 2 is 1.57 bits per heavy atom. The number of amides is 4. The molecule has 218 valence electrons. The van der Waals surface area contributed by atoms with Crippen LogP contribution in [0.15, 0.2) is 30.5 Å². The molecule has 0 saturated heterocycles. The Kier molecular flexibility index (Phi) is 11.6. The Morgan fingerprint density at radius 1 is 0.950 bits per heavy atom. The number of aromatic nitrogens is 1. The van der Waals surface area contributed by atoms with Crippen LogP contribution in [0.5, 0.6) is 0 Å². The minimum Gasteiger partial charge on any atom is -0.481 e. The molecule has 14 nitrogen and oxygen atoms in total. The average Bonchev–Trinajstić information content (AvgIpc) is 3.30. The van der Waals surface area contributed by atoms with Gasteiger partial charge in [0.2, 0.25) is 23.6 Å². The lowest BCUT2D eigenvalue weighted by atomic mass is 9.98. The van der Waals surface area contributed by atoms with Crippen LogP contribution in [0, 0.1) is 5.92 Å². The Balaban J connectivity index is 2.17. The van der Waals surface area contributed by atoms with Crippen molar-refractivity contribution >= 4 is 46.5 Å². The van der Waals surface area contributed by atoms with Crippen molar-refractivity contribution in [1.29, 1.82) is 0 Å². The van der Waals surface area contributed by atoms with Crippen LogP contribution in [0.25, 0.3) is 10.9 Å². The van der Waals surface area contributed by atoms with E-state index in [0.717, 1.165) is 16.5 Å². The fourth-order valence-corrected chi connectivity index (χ4v) is 4.07. The minimum absolute atomic E-state index is 0.108. The zero-order valence-corrected chi connectivity index (χ0v) is 22.3. The van der Waals surface area contributed by atoms with Gasteiger partial charge in [-0.2, -0.15) is 0 Å². The fourth-order valence-electron chi connectivity index (χ4n) is 4.07. The van der Waals surface area contributed by atoms with E-state index in [1.54, 1.807) is 20.0 Å². The van der Waals surface area contributed by atoms with Crippen LogP contribution in [-0.2, 0) is 35.2 Å². The molecule has 4 amide bonds. The van der Waals surface area contributed by atoms with Gasteiger partial charge >= 0.3 is 11.9 Å². The van der Waals surface area contributed by atoms with Gasteiger partial charge in [0.05, 0.1) is 12.5 Å². The largest absolute Gasteiger partial charge is 0.481 e. The number of nitrogens with one attached hydrogen (secondary N) is 4. The highest BCUT2D eigenvalue weighted by Gasteiger charge is 2.32. The first-order valence-corrected chi connectivity index (χ1v) is 12.8. The van der Waals surface area contributed by atoms with Crippen LogP contribution in [0.1, 0.15) is 45.1 Å². The maximum Gasteiger partial charge on any atom is 0.326 e. The molecule has 0 radical (unpaired) electrons. The molecule has 2 aromatic rings. The normalized spacial score (nSPS) is 14.8. The fraction of sp³-hybridized carbons (Fsp3) is 0.462. The second kappa shape index (κ2) is 14.6. The lowest BCUT2D eigenvalue weighted by Gasteiger charge is -2.26. The number of benzene rings is 1. The summed E-state index contributed by atoms with van der Waals surface area (Å²) in [6, 6.07) is 2.00. The number of para-hydroxylation sites is 1. The quantitative estimate of drug-likeness (QED) is 0.130. The highest BCUT2D eigenvalue weighted by atomic mass is 16.4. The third-order valence-corrected chi connectivity index (χ3v) is 6.55. The number of carboxylic acid groups (broad SMARTS) is 2. The van der Waals surface area contributed by atoms with Crippen molar-refractivity contribution < 1.29 is 39.0 Å². The van der Waals surface area contributed by atoms with Gasteiger partial charge in [0.1, 0.15) is 18.1 Å². The smallest absolute Gasteiger partial charge is 0.326 e. The van der Waals surface area contributed by atoms with Crippen molar-refractivity contribution in [2.45, 2.75) is 70.1 Å². The van der Waals surface area contributed by atoms with Gasteiger partial charge in [-0.05, 0) is 30.4 Å². The number of nitrogens with two attached hydrogens (primary N) is 2. The number of hydrogen-bond acceptors (Lipinski definition) is 7. The van der Waals surface area contributed by atoms with Crippen LogP contribution in [0.4, 0.5) is 0 Å². The molecule has 5 unspecified atom stereocenters. The van der Waals surface area contributed by atoms with Crippen molar-refractivity contribution in [3.05, 3.63) is 36.0 Å². The van der Waals surface area contributed by atoms with Gasteiger partial charge in [-0.1, -0.05) is 38.5 Å². The SMILES string of the molecule is CCC(C)C(NC(=O)C(CCC(=O)O)NC(=O)C(CC(N)=O)NC(=O)C(N)Cc1c[nH]c2ccccc12)C(=O)O. The third kappa shape index (κ3) is 9.08. The van der Waals surface area contributed by atoms with Crippen molar-refractivity contribution in [3.8, 4) is 0 Å². The van der Waals surface area contributed by atoms with Crippen molar-refractivity contribution in [2.24, 2.45) is 17.4 Å². The van der Waals surface area contributed by atoms with Gasteiger partial charge in [0.25, 0.3) is 0 Å². The number of carbonyl (C=O) groups is 6. The Hall–Kier alpha value is -4.46. The molecular formula is C26H36N6O8. The summed E-state index contributed by atoms with van der Waals surface area (Å²) in [5.41, 5.74) is 12.9. The number of primary amides is 1. The summed E-state index contributed by atoms with van der Waals surface area (Å²) in [5.74, 6) is -6.63. The van der Waals surface area contributed by atoms with Crippen molar-refractivity contribution in [1.82, 2.24) is 20.9 Å². The van der Waals surface area contributed by atoms with E-state index in [9.17, 15) is 33.9 Å². The van der Waals surface area contributed by atoms with Gasteiger partial charge in [-0.15, -0.1) is 0 Å². The Bertz CT molecular complexity index is 1240. The highest BCUT2D eigenvalue weighted by Crippen LogP contribution is 2.19. The molecule has 1 aromatic heterocycles. The molecular weight excluding hydrogens is 524 g/mol. The van der Waals surface area contributed by atoms with Gasteiger partial charge in [-0.25, -0.2) is 4.79 Å². The van der Waals surface area contributed by atoms with E-state index in [2.05, 4.69) is 20.9 Å². The molecule has 0 aliphatic carbocycles. The summed E-state index contributed by atoms with van der Waals surface area (Å²) in [7, 11) is 0. The van der Waals surface area contributed by atoms with E-state index in [0.29, 0.717) is 6.42 Å². The van der Waals surface area contributed by atoms with E-state index in [1.807, 2.05) is 24.3 Å². The Morgan fingerprint density at radius 3 is 2.17 bits per heavy atom. The highest BCUT2D eigenvalue weighted by molar-refractivity contribution is 5.96. The number of fused-ring (bicyclic) bond motifs is 1. The number of aliphatic carboxylic acids is 2. The molecule has 0 aliphatic heterocycles. The van der Waals surface area contributed by atoms with E-state index >= 15 is 0 Å². The van der Waals surface area contributed by atoms with E-state index in [4.69, 9.17) is 16.6 Å². The molecule has 14 heteroatoms. The van der Waals surface area contributed by atoms with Crippen LogP contribution in [-0.4, -0.2) is 74.9 Å². The lowest BCUT2D eigenvalue weighted by Crippen LogP contribution is -2.58.